The molecule has 0 aliphatic rings. The van der Waals surface area contributed by atoms with Crippen LogP contribution in [0.2, 0.25) is 0 Å². The van der Waals surface area contributed by atoms with Crippen molar-refractivity contribution in [2.24, 2.45) is 0 Å². The van der Waals surface area contributed by atoms with E-state index in [0.717, 1.165) is 11.4 Å². The van der Waals surface area contributed by atoms with Gasteiger partial charge in [0.1, 0.15) is 0 Å². The molecule has 0 aliphatic heterocycles. The van der Waals surface area contributed by atoms with E-state index in [9.17, 15) is 4.79 Å². The van der Waals surface area contributed by atoms with Crippen LogP contribution in [0.15, 0.2) is 72.7 Å². The van der Waals surface area contributed by atoms with Gasteiger partial charge in [0.15, 0.2) is 11.0 Å². The van der Waals surface area contributed by atoms with Crippen molar-refractivity contribution in [1.82, 2.24) is 25.1 Å². The Morgan fingerprint density at radius 2 is 1.90 bits per heavy atom. The number of carbonyl (C=O) groups is 1. The maximum absolute atomic E-state index is 12.6. The van der Waals surface area contributed by atoms with E-state index in [2.05, 4.69) is 46.1 Å². The summed E-state index contributed by atoms with van der Waals surface area (Å²) in [6.07, 6.45) is 5.24. The van der Waals surface area contributed by atoms with Crippen LogP contribution in [-0.2, 0) is 11.3 Å². The first-order valence-electron chi connectivity index (χ1n) is 9.54. The van der Waals surface area contributed by atoms with Gasteiger partial charge in [-0.1, -0.05) is 55.1 Å². The number of hydrogen-bond donors (Lipinski definition) is 1. The number of amides is 1. The van der Waals surface area contributed by atoms with E-state index in [-0.39, 0.29) is 17.1 Å². The second kappa shape index (κ2) is 10.0. The zero-order valence-corrected chi connectivity index (χ0v) is 17.5. The molecular formula is C22H25N5OS. The molecule has 2 aromatic heterocycles. The number of aromatic nitrogens is 4. The summed E-state index contributed by atoms with van der Waals surface area (Å²) in [5.41, 5.74) is 2.14. The summed E-state index contributed by atoms with van der Waals surface area (Å²) >= 11 is 1.40. The fourth-order valence-corrected chi connectivity index (χ4v) is 3.78. The average Bonchev–Trinajstić information content (AvgIpc) is 3.15. The predicted molar refractivity (Wildman–Crippen MR) is 117 cm³/mol. The van der Waals surface area contributed by atoms with Gasteiger partial charge in [-0.3, -0.25) is 14.3 Å². The average molecular weight is 408 g/mol. The van der Waals surface area contributed by atoms with E-state index < -0.39 is 0 Å². The first-order chi connectivity index (χ1) is 14.1. The summed E-state index contributed by atoms with van der Waals surface area (Å²) < 4.78 is 1.96. The van der Waals surface area contributed by atoms with Crippen LogP contribution in [-0.4, -0.2) is 37.5 Å². The molecule has 6 nitrogen and oxygen atoms in total. The Morgan fingerprint density at radius 3 is 2.59 bits per heavy atom. The first kappa shape index (κ1) is 20.8. The molecule has 3 aromatic rings. The lowest BCUT2D eigenvalue weighted by atomic mass is 10.0. The SMILES string of the molecule is C=CCn1c(SC(C)C(=O)NCC(C)c2ccccc2)nnc1-c1ccncc1. The largest absolute Gasteiger partial charge is 0.355 e. The van der Waals surface area contributed by atoms with E-state index >= 15 is 0 Å². The van der Waals surface area contributed by atoms with Crippen molar-refractivity contribution >= 4 is 17.7 Å². The van der Waals surface area contributed by atoms with Gasteiger partial charge < -0.3 is 5.32 Å². The highest BCUT2D eigenvalue weighted by Crippen LogP contribution is 2.27. The molecule has 0 bridgehead atoms. The van der Waals surface area contributed by atoms with Gasteiger partial charge in [0.05, 0.1) is 5.25 Å². The highest BCUT2D eigenvalue weighted by Gasteiger charge is 2.21. The molecule has 0 spiro atoms. The Balaban J connectivity index is 1.65. The lowest BCUT2D eigenvalue weighted by Crippen LogP contribution is -2.33. The fourth-order valence-electron chi connectivity index (χ4n) is 2.89. The normalized spacial score (nSPS) is 12.9. The molecule has 2 atom stereocenters. The fraction of sp³-hybridized carbons (Fsp3) is 0.273. The van der Waals surface area contributed by atoms with Gasteiger partial charge in [-0.15, -0.1) is 16.8 Å². The maximum atomic E-state index is 12.6. The molecule has 0 radical (unpaired) electrons. The van der Waals surface area contributed by atoms with Crippen molar-refractivity contribution in [3.8, 4) is 11.4 Å². The van der Waals surface area contributed by atoms with E-state index in [1.807, 2.05) is 41.8 Å². The van der Waals surface area contributed by atoms with Crippen molar-refractivity contribution in [2.45, 2.75) is 36.7 Å². The number of carbonyl (C=O) groups excluding carboxylic acids is 1. The molecule has 29 heavy (non-hydrogen) atoms. The third-order valence-corrected chi connectivity index (χ3v) is 5.65. The molecule has 1 N–H and O–H groups in total. The van der Waals surface area contributed by atoms with Crippen LogP contribution < -0.4 is 5.32 Å². The van der Waals surface area contributed by atoms with Gasteiger partial charge in [-0.25, -0.2) is 0 Å². The molecule has 150 valence electrons. The number of rotatable bonds is 9. The summed E-state index contributed by atoms with van der Waals surface area (Å²) in [4.78, 5) is 16.7. The molecular weight excluding hydrogens is 382 g/mol. The maximum Gasteiger partial charge on any atom is 0.233 e. The minimum absolute atomic E-state index is 0.0172. The van der Waals surface area contributed by atoms with E-state index in [4.69, 9.17) is 0 Å². The highest BCUT2D eigenvalue weighted by atomic mass is 32.2. The van der Waals surface area contributed by atoms with Gasteiger partial charge in [-0.2, -0.15) is 0 Å². The Bertz CT molecular complexity index is 942. The number of nitrogens with one attached hydrogen (secondary N) is 1. The van der Waals surface area contributed by atoms with Gasteiger partial charge >= 0.3 is 0 Å². The molecule has 7 heteroatoms. The minimum atomic E-state index is -0.295. The second-order valence-corrected chi connectivity index (χ2v) is 8.07. The topological polar surface area (TPSA) is 72.7 Å². The summed E-state index contributed by atoms with van der Waals surface area (Å²) in [5.74, 6) is 0.969. The van der Waals surface area contributed by atoms with Crippen LogP contribution in [0.4, 0.5) is 0 Å². The number of benzene rings is 1. The van der Waals surface area contributed by atoms with Crippen LogP contribution >= 0.6 is 11.8 Å². The van der Waals surface area contributed by atoms with E-state index in [0.29, 0.717) is 18.2 Å². The molecule has 3 rings (SSSR count). The quantitative estimate of drug-likeness (QED) is 0.430. The summed E-state index contributed by atoms with van der Waals surface area (Å²) in [7, 11) is 0. The lowest BCUT2D eigenvalue weighted by Gasteiger charge is -2.16. The van der Waals surface area contributed by atoms with E-state index in [1.165, 1.54) is 17.3 Å². The van der Waals surface area contributed by atoms with Crippen LogP contribution in [0, 0.1) is 0 Å². The van der Waals surface area contributed by atoms with Gasteiger partial charge in [0.2, 0.25) is 5.91 Å². The molecule has 0 fully saturated rings. The molecule has 2 heterocycles. The van der Waals surface area contributed by atoms with Crippen LogP contribution in [0.5, 0.6) is 0 Å². The van der Waals surface area contributed by atoms with Gasteiger partial charge in [0.25, 0.3) is 0 Å². The Morgan fingerprint density at radius 1 is 1.17 bits per heavy atom. The summed E-state index contributed by atoms with van der Waals surface area (Å²) in [6, 6.07) is 13.9. The van der Waals surface area contributed by atoms with E-state index in [1.54, 1.807) is 18.5 Å². The van der Waals surface area contributed by atoms with Gasteiger partial charge in [-0.05, 0) is 30.5 Å². The standard InChI is InChI=1S/C22H25N5OS/c1-4-14-27-20(19-10-12-23-13-11-19)25-26-22(27)29-17(3)21(28)24-15-16(2)18-8-6-5-7-9-18/h4-13,16-17H,1,14-15H2,2-3H3,(H,24,28). The van der Waals surface area contributed by atoms with Crippen molar-refractivity contribution in [1.29, 1.82) is 0 Å². The number of allylic oxidation sites excluding steroid dienone is 1. The number of hydrogen-bond acceptors (Lipinski definition) is 5. The Kier molecular flexibility index (Phi) is 7.19. The summed E-state index contributed by atoms with van der Waals surface area (Å²) in [5, 5.41) is 12.1. The predicted octanol–water partition coefficient (Wildman–Crippen LogP) is 3.93. The molecule has 1 amide bonds. The van der Waals surface area contributed by atoms with Crippen molar-refractivity contribution in [3.63, 3.8) is 0 Å². The highest BCUT2D eigenvalue weighted by molar-refractivity contribution is 8.00. The van der Waals surface area contributed by atoms with Crippen molar-refractivity contribution in [3.05, 3.63) is 73.1 Å². The minimum Gasteiger partial charge on any atom is -0.355 e. The third kappa shape index (κ3) is 5.32. The molecule has 2 unspecified atom stereocenters. The second-order valence-electron chi connectivity index (χ2n) is 6.76. The van der Waals surface area contributed by atoms with Gasteiger partial charge in [0, 0.05) is 31.0 Å². The smallest absolute Gasteiger partial charge is 0.233 e. The Labute approximate surface area is 175 Å². The van der Waals surface area contributed by atoms with Crippen LogP contribution in [0.25, 0.3) is 11.4 Å². The molecule has 0 aliphatic carbocycles. The lowest BCUT2D eigenvalue weighted by molar-refractivity contribution is -0.120. The molecule has 1 aromatic carbocycles. The zero-order chi connectivity index (χ0) is 20.6. The third-order valence-electron chi connectivity index (χ3n) is 4.57. The zero-order valence-electron chi connectivity index (χ0n) is 16.7. The number of thioether (sulfide) groups is 1. The first-order valence-corrected chi connectivity index (χ1v) is 10.4. The summed E-state index contributed by atoms with van der Waals surface area (Å²) in [6.45, 7) is 8.97. The number of nitrogens with zero attached hydrogens (tertiary/aromatic N) is 4. The molecule has 0 saturated carbocycles. The van der Waals surface area contributed by atoms with Crippen LogP contribution in [0.1, 0.15) is 25.3 Å². The number of pyridine rings is 1. The van der Waals surface area contributed by atoms with Crippen LogP contribution in [0.3, 0.4) is 0 Å². The van der Waals surface area contributed by atoms with Crippen molar-refractivity contribution in [2.75, 3.05) is 6.54 Å². The van der Waals surface area contributed by atoms with Crippen molar-refractivity contribution < 1.29 is 4.79 Å². The monoisotopic (exact) mass is 407 g/mol. The molecule has 0 saturated heterocycles. The Hall–Kier alpha value is -2.93.